The summed E-state index contributed by atoms with van der Waals surface area (Å²) in [6, 6.07) is 16.2. The molecule has 1 aliphatic rings. The minimum Gasteiger partial charge on any atom is -0.298 e. The lowest BCUT2D eigenvalue weighted by Crippen LogP contribution is -2.34. The minimum atomic E-state index is -0.502. The molecule has 39 heavy (non-hydrogen) atoms. The Hall–Kier alpha value is -4.44. The number of aromatic amines is 1. The Labute approximate surface area is 222 Å². The summed E-state index contributed by atoms with van der Waals surface area (Å²) < 4.78 is 32.0. The number of nitrogens with zero attached hydrogens (tertiary/aromatic N) is 7. The molecule has 8 nitrogen and oxygen atoms in total. The van der Waals surface area contributed by atoms with Gasteiger partial charge >= 0.3 is 0 Å². The Morgan fingerprint density at radius 2 is 1.90 bits per heavy atom. The van der Waals surface area contributed by atoms with E-state index in [0.29, 0.717) is 6.54 Å². The Morgan fingerprint density at radius 3 is 2.77 bits per heavy atom. The summed E-state index contributed by atoms with van der Waals surface area (Å²) in [5, 5.41) is 23.1. The number of rotatable bonds is 5. The molecule has 3 aromatic carbocycles. The van der Waals surface area contributed by atoms with Crippen molar-refractivity contribution in [3.8, 4) is 16.9 Å². The molecule has 7 rings (SSSR count). The van der Waals surface area contributed by atoms with Gasteiger partial charge in [0.1, 0.15) is 11.6 Å². The van der Waals surface area contributed by atoms with Gasteiger partial charge in [0.25, 0.3) is 0 Å². The molecule has 1 N–H and O–H groups in total. The molecule has 4 heterocycles. The van der Waals surface area contributed by atoms with Crippen molar-refractivity contribution < 1.29 is 8.78 Å². The van der Waals surface area contributed by atoms with Crippen LogP contribution in [0.3, 0.4) is 0 Å². The van der Waals surface area contributed by atoms with Crippen LogP contribution in [0.15, 0.2) is 67.0 Å². The Kier molecular flexibility index (Phi) is 5.70. The molecule has 3 aromatic heterocycles. The molecule has 10 heteroatoms. The number of hydrogen-bond acceptors (Lipinski definition) is 5. The third-order valence-electron chi connectivity index (χ3n) is 7.58. The molecule has 196 valence electrons. The van der Waals surface area contributed by atoms with Crippen molar-refractivity contribution >= 4 is 21.8 Å². The summed E-state index contributed by atoms with van der Waals surface area (Å²) in [5.41, 5.74) is 5.62. The molecule has 1 fully saturated rings. The Morgan fingerprint density at radius 1 is 1.03 bits per heavy atom. The number of aromatic nitrogens is 7. The number of nitrogens with one attached hydrogen (secondary N) is 1. The highest BCUT2D eigenvalue weighted by molar-refractivity contribution is 5.96. The van der Waals surface area contributed by atoms with E-state index in [4.69, 9.17) is 0 Å². The van der Waals surface area contributed by atoms with Crippen LogP contribution >= 0.6 is 0 Å². The van der Waals surface area contributed by atoms with Gasteiger partial charge < -0.3 is 0 Å². The summed E-state index contributed by atoms with van der Waals surface area (Å²) in [4.78, 5) is 2.09. The van der Waals surface area contributed by atoms with Crippen LogP contribution in [0.2, 0.25) is 0 Å². The van der Waals surface area contributed by atoms with Gasteiger partial charge in [-0.25, -0.2) is 13.5 Å². The van der Waals surface area contributed by atoms with E-state index < -0.39 is 11.6 Å². The van der Waals surface area contributed by atoms with Gasteiger partial charge in [-0.15, -0.1) is 5.10 Å². The average Bonchev–Trinajstić information content (AvgIpc) is 3.68. The summed E-state index contributed by atoms with van der Waals surface area (Å²) >= 11 is 0. The normalized spacial score (nSPS) is 16.4. The van der Waals surface area contributed by atoms with E-state index in [9.17, 15) is 8.78 Å². The van der Waals surface area contributed by atoms with Crippen molar-refractivity contribution in [3.63, 3.8) is 0 Å². The first kappa shape index (κ1) is 23.7. The number of piperidine rings is 1. The molecule has 0 spiro atoms. The minimum absolute atomic E-state index is 0.119. The van der Waals surface area contributed by atoms with Crippen molar-refractivity contribution in [1.82, 2.24) is 39.9 Å². The maximum absolute atomic E-state index is 14.2. The van der Waals surface area contributed by atoms with E-state index >= 15 is 0 Å². The summed E-state index contributed by atoms with van der Waals surface area (Å²) in [6.45, 7) is 1.71. The number of benzene rings is 3. The largest absolute Gasteiger partial charge is 0.298 e. The van der Waals surface area contributed by atoms with Crippen LogP contribution in [-0.4, -0.2) is 53.0 Å². The van der Waals surface area contributed by atoms with E-state index in [1.807, 2.05) is 43.7 Å². The van der Waals surface area contributed by atoms with E-state index in [1.54, 1.807) is 9.36 Å². The third-order valence-corrected chi connectivity index (χ3v) is 7.58. The summed E-state index contributed by atoms with van der Waals surface area (Å²) in [6.07, 6.45) is 5.84. The number of aryl methyl sites for hydroxylation is 1. The number of likely N-dealkylation sites (tertiary alicyclic amines) is 1. The van der Waals surface area contributed by atoms with Gasteiger partial charge in [0, 0.05) is 54.2 Å². The summed E-state index contributed by atoms with van der Waals surface area (Å²) in [5.74, 6) is -0.864. The highest BCUT2D eigenvalue weighted by Gasteiger charge is 2.25. The quantitative estimate of drug-likeness (QED) is 0.329. The lowest BCUT2D eigenvalue weighted by Gasteiger charge is -2.31. The molecule has 0 aliphatic carbocycles. The van der Waals surface area contributed by atoms with Crippen LogP contribution in [-0.2, 0) is 13.6 Å². The Bertz CT molecular complexity index is 1800. The van der Waals surface area contributed by atoms with Gasteiger partial charge in [-0.2, -0.15) is 10.2 Å². The fraction of sp³-hybridized carbons (Fsp3) is 0.241. The van der Waals surface area contributed by atoms with Crippen LogP contribution in [0.5, 0.6) is 0 Å². The standard InChI is InChI=1S/C29H26F2N8/c1-37-14-20-12-18(7-9-26(20)35-37)29-22-13-21(8-10-27(22)32-34-29)39-17-28(33-36-39)19-4-3-11-38(15-19)16-23-24(30)5-2-6-25(23)31/h2,5-10,12-14,17,19H,3-4,11,15-16H2,1H3,(H,32,34)/t19-/m1/s1. The van der Waals surface area contributed by atoms with Crippen molar-refractivity contribution in [2.45, 2.75) is 25.3 Å². The summed E-state index contributed by atoms with van der Waals surface area (Å²) in [7, 11) is 1.91. The number of hydrogen-bond donors (Lipinski definition) is 1. The van der Waals surface area contributed by atoms with Gasteiger partial charge in [0.2, 0.25) is 0 Å². The monoisotopic (exact) mass is 524 g/mol. The molecule has 0 radical (unpaired) electrons. The second kappa shape index (κ2) is 9.39. The first-order valence-corrected chi connectivity index (χ1v) is 13.0. The fourth-order valence-corrected chi connectivity index (χ4v) is 5.60. The number of halogens is 2. The van der Waals surface area contributed by atoms with Gasteiger partial charge in [0.15, 0.2) is 0 Å². The van der Waals surface area contributed by atoms with Gasteiger partial charge in [-0.1, -0.05) is 17.3 Å². The van der Waals surface area contributed by atoms with Crippen molar-refractivity contribution in [2.75, 3.05) is 13.1 Å². The van der Waals surface area contributed by atoms with Crippen molar-refractivity contribution in [2.24, 2.45) is 7.05 Å². The van der Waals surface area contributed by atoms with Gasteiger partial charge in [-0.3, -0.25) is 14.7 Å². The van der Waals surface area contributed by atoms with E-state index in [0.717, 1.165) is 63.8 Å². The highest BCUT2D eigenvalue weighted by atomic mass is 19.1. The third kappa shape index (κ3) is 4.36. The maximum atomic E-state index is 14.2. The molecule has 0 amide bonds. The second-order valence-corrected chi connectivity index (χ2v) is 10.2. The zero-order chi connectivity index (χ0) is 26.5. The van der Waals surface area contributed by atoms with Gasteiger partial charge in [-0.05, 0) is 61.9 Å². The molecule has 0 unspecified atom stereocenters. The van der Waals surface area contributed by atoms with Crippen LogP contribution in [0.4, 0.5) is 8.78 Å². The zero-order valence-corrected chi connectivity index (χ0v) is 21.4. The van der Waals surface area contributed by atoms with Gasteiger partial charge in [0.05, 0.1) is 34.3 Å². The predicted molar refractivity (Wildman–Crippen MR) is 144 cm³/mol. The van der Waals surface area contributed by atoms with Crippen LogP contribution < -0.4 is 0 Å². The highest BCUT2D eigenvalue weighted by Crippen LogP contribution is 2.31. The zero-order valence-electron chi connectivity index (χ0n) is 21.4. The molecule has 6 aromatic rings. The molecule has 1 aliphatic heterocycles. The SMILES string of the molecule is Cn1cc2cc(-c3n[nH]c4ccc(-n5cc([C@@H]6CCCN(Cc7c(F)cccc7F)C6)nn5)cc34)ccc2n1. The van der Waals surface area contributed by atoms with E-state index in [1.165, 1.54) is 18.2 Å². The smallest absolute Gasteiger partial charge is 0.130 e. The fourth-order valence-electron chi connectivity index (χ4n) is 5.60. The molecular weight excluding hydrogens is 498 g/mol. The number of fused-ring (bicyclic) bond motifs is 2. The molecule has 1 saturated heterocycles. The van der Waals surface area contributed by atoms with Crippen molar-refractivity contribution in [3.05, 3.63) is 89.9 Å². The topological polar surface area (TPSA) is 80.5 Å². The Balaban J connectivity index is 1.14. The van der Waals surface area contributed by atoms with Crippen LogP contribution in [0.25, 0.3) is 38.8 Å². The molecular formula is C29H26F2N8. The van der Waals surface area contributed by atoms with Crippen molar-refractivity contribution in [1.29, 1.82) is 0 Å². The van der Waals surface area contributed by atoms with Crippen LogP contribution in [0.1, 0.15) is 30.0 Å². The van der Waals surface area contributed by atoms with Crippen LogP contribution in [0, 0.1) is 11.6 Å². The van der Waals surface area contributed by atoms with E-state index in [-0.39, 0.29) is 18.0 Å². The molecule has 0 saturated carbocycles. The molecule has 0 bridgehead atoms. The first-order valence-electron chi connectivity index (χ1n) is 13.0. The first-order chi connectivity index (χ1) is 19.0. The maximum Gasteiger partial charge on any atom is 0.130 e. The lowest BCUT2D eigenvalue weighted by atomic mass is 9.95. The van der Waals surface area contributed by atoms with E-state index in [2.05, 4.69) is 42.6 Å². The average molecular weight is 525 g/mol. The molecule has 1 atom stereocenters. The second-order valence-electron chi connectivity index (χ2n) is 10.2. The lowest BCUT2D eigenvalue weighted by molar-refractivity contribution is 0.194. The predicted octanol–water partition coefficient (Wildman–Crippen LogP) is 5.36. The number of H-pyrrole nitrogens is 1.